The van der Waals surface area contributed by atoms with Gasteiger partial charge in [-0.3, -0.25) is 4.79 Å². The third kappa shape index (κ3) is 2.62. The lowest BCUT2D eigenvalue weighted by atomic mass is 10.1. The summed E-state index contributed by atoms with van der Waals surface area (Å²) < 4.78 is 24.4. The fourth-order valence-electron chi connectivity index (χ4n) is 1.48. The fraction of sp³-hybridized carbons (Fsp3) is 0.875. The second kappa shape index (κ2) is 4.50. The van der Waals surface area contributed by atoms with Gasteiger partial charge in [0.15, 0.2) is 0 Å². The van der Waals surface area contributed by atoms with E-state index in [2.05, 4.69) is 5.32 Å². The normalized spacial score (nSPS) is 22.8. The van der Waals surface area contributed by atoms with Crippen LogP contribution in [0.15, 0.2) is 0 Å². The van der Waals surface area contributed by atoms with E-state index in [-0.39, 0.29) is 19.0 Å². The van der Waals surface area contributed by atoms with Gasteiger partial charge in [-0.25, -0.2) is 8.78 Å². The minimum absolute atomic E-state index is 0.0920. The van der Waals surface area contributed by atoms with E-state index in [9.17, 15) is 13.6 Å². The molecule has 0 aliphatic carbocycles. The molecule has 1 saturated heterocycles. The van der Waals surface area contributed by atoms with Crippen LogP contribution in [0.25, 0.3) is 0 Å². The summed E-state index contributed by atoms with van der Waals surface area (Å²) >= 11 is 0. The van der Waals surface area contributed by atoms with Gasteiger partial charge in [0.05, 0.1) is 6.54 Å². The van der Waals surface area contributed by atoms with Gasteiger partial charge in [0, 0.05) is 19.0 Å². The van der Waals surface area contributed by atoms with Crippen LogP contribution in [0.3, 0.4) is 0 Å². The lowest BCUT2D eigenvalue weighted by molar-refractivity contribution is -0.129. The highest BCUT2D eigenvalue weighted by molar-refractivity contribution is 5.78. The summed E-state index contributed by atoms with van der Waals surface area (Å²) in [7, 11) is 1.67. The molecule has 0 aromatic heterocycles. The molecule has 5 heteroatoms. The summed E-state index contributed by atoms with van der Waals surface area (Å²) in [5.74, 6) is -0.716. The molecule has 0 unspecified atom stereocenters. The molecule has 13 heavy (non-hydrogen) atoms. The molecule has 1 N–H and O–H groups in total. The van der Waals surface area contributed by atoms with Crippen molar-refractivity contribution in [3.05, 3.63) is 0 Å². The SMILES string of the molecule is CNCC(=O)N1CC[C@H](C(F)F)C1. The zero-order valence-electron chi connectivity index (χ0n) is 7.59. The van der Waals surface area contributed by atoms with Crippen LogP contribution in [0.1, 0.15) is 6.42 Å². The Morgan fingerprint density at radius 1 is 1.69 bits per heavy atom. The van der Waals surface area contributed by atoms with E-state index in [4.69, 9.17) is 0 Å². The Kier molecular flexibility index (Phi) is 3.59. The summed E-state index contributed by atoms with van der Waals surface area (Å²) in [5, 5.41) is 2.71. The molecule has 0 spiro atoms. The lowest BCUT2D eigenvalue weighted by Gasteiger charge is -2.15. The highest BCUT2D eigenvalue weighted by Crippen LogP contribution is 2.22. The molecule has 0 bridgehead atoms. The number of hydrogen-bond acceptors (Lipinski definition) is 2. The Morgan fingerprint density at radius 3 is 2.85 bits per heavy atom. The first-order valence-electron chi connectivity index (χ1n) is 4.35. The van der Waals surface area contributed by atoms with Crippen molar-refractivity contribution in [3.63, 3.8) is 0 Å². The standard InChI is InChI=1S/C8H14F2N2O/c1-11-4-7(13)12-3-2-6(5-12)8(9)10/h6,8,11H,2-5H2,1H3/t6-/m0/s1. The van der Waals surface area contributed by atoms with Gasteiger partial charge in [-0.05, 0) is 13.5 Å². The molecular formula is C8H14F2N2O. The summed E-state index contributed by atoms with van der Waals surface area (Å²) in [6.45, 7) is 0.906. The third-order valence-corrected chi connectivity index (χ3v) is 2.26. The monoisotopic (exact) mass is 192 g/mol. The number of nitrogens with zero attached hydrogens (tertiary/aromatic N) is 1. The van der Waals surface area contributed by atoms with Crippen molar-refractivity contribution in [1.29, 1.82) is 0 Å². The number of carbonyl (C=O) groups is 1. The van der Waals surface area contributed by atoms with Crippen LogP contribution in [0.5, 0.6) is 0 Å². The predicted molar refractivity (Wildman–Crippen MR) is 44.6 cm³/mol. The average Bonchev–Trinajstić information content (AvgIpc) is 2.52. The summed E-state index contributed by atoms with van der Waals surface area (Å²) in [6.07, 6.45) is -1.87. The number of likely N-dealkylation sites (N-methyl/N-ethyl adjacent to an activating group) is 1. The minimum atomic E-state index is -2.30. The quantitative estimate of drug-likeness (QED) is 0.698. The van der Waals surface area contributed by atoms with Crippen molar-refractivity contribution < 1.29 is 13.6 Å². The Morgan fingerprint density at radius 2 is 2.38 bits per heavy atom. The van der Waals surface area contributed by atoms with Gasteiger partial charge in [0.2, 0.25) is 12.3 Å². The van der Waals surface area contributed by atoms with Crippen LogP contribution < -0.4 is 5.32 Å². The molecule has 0 aromatic carbocycles. The maximum atomic E-state index is 12.2. The maximum Gasteiger partial charge on any atom is 0.243 e. The molecular weight excluding hydrogens is 178 g/mol. The van der Waals surface area contributed by atoms with Crippen molar-refractivity contribution in [2.75, 3.05) is 26.7 Å². The van der Waals surface area contributed by atoms with E-state index < -0.39 is 12.3 Å². The van der Waals surface area contributed by atoms with Crippen LogP contribution in [0, 0.1) is 5.92 Å². The second-order valence-electron chi connectivity index (χ2n) is 3.25. The molecule has 0 saturated carbocycles. The zero-order valence-corrected chi connectivity index (χ0v) is 7.59. The van der Waals surface area contributed by atoms with Crippen LogP contribution in [0.2, 0.25) is 0 Å². The number of nitrogens with one attached hydrogen (secondary N) is 1. The highest BCUT2D eigenvalue weighted by Gasteiger charge is 2.31. The number of alkyl halides is 2. The van der Waals surface area contributed by atoms with Crippen molar-refractivity contribution in [2.45, 2.75) is 12.8 Å². The molecule has 1 heterocycles. The molecule has 1 fully saturated rings. The molecule has 76 valence electrons. The zero-order chi connectivity index (χ0) is 9.84. The maximum absolute atomic E-state index is 12.2. The largest absolute Gasteiger partial charge is 0.341 e. The van der Waals surface area contributed by atoms with Crippen LogP contribution >= 0.6 is 0 Å². The predicted octanol–water partition coefficient (Wildman–Crippen LogP) is 0.319. The van der Waals surface area contributed by atoms with E-state index in [1.165, 1.54) is 4.90 Å². The Labute approximate surface area is 76.1 Å². The molecule has 3 nitrogen and oxygen atoms in total. The van der Waals surface area contributed by atoms with Crippen LogP contribution in [-0.2, 0) is 4.79 Å². The number of rotatable bonds is 3. The van der Waals surface area contributed by atoms with Crippen molar-refractivity contribution >= 4 is 5.91 Å². The van der Waals surface area contributed by atoms with E-state index in [0.29, 0.717) is 13.0 Å². The molecule has 1 aliphatic heterocycles. The first-order chi connectivity index (χ1) is 6.15. The number of amides is 1. The van der Waals surface area contributed by atoms with Crippen molar-refractivity contribution in [3.8, 4) is 0 Å². The van der Waals surface area contributed by atoms with Gasteiger partial charge in [0.1, 0.15) is 0 Å². The van der Waals surface area contributed by atoms with E-state index in [1.54, 1.807) is 7.05 Å². The van der Waals surface area contributed by atoms with Crippen LogP contribution in [0.4, 0.5) is 8.78 Å². The first kappa shape index (κ1) is 10.4. The van der Waals surface area contributed by atoms with Crippen molar-refractivity contribution in [1.82, 2.24) is 10.2 Å². The molecule has 1 atom stereocenters. The Bertz CT molecular complexity index is 187. The third-order valence-electron chi connectivity index (χ3n) is 2.26. The molecule has 0 radical (unpaired) electrons. The fourth-order valence-corrected chi connectivity index (χ4v) is 1.48. The number of carbonyl (C=O) groups excluding carboxylic acids is 1. The van der Waals surface area contributed by atoms with E-state index >= 15 is 0 Å². The molecule has 1 aliphatic rings. The molecule has 0 aromatic rings. The average molecular weight is 192 g/mol. The number of hydrogen-bond donors (Lipinski definition) is 1. The minimum Gasteiger partial charge on any atom is -0.341 e. The van der Waals surface area contributed by atoms with Crippen molar-refractivity contribution in [2.24, 2.45) is 5.92 Å². The van der Waals surface area contributed by atoms with E-state index in [0.717, 1.165) is 0 Å². The summed E-state index contributed by atoms with van der Waals surface area (Å²) in [6, 6.07) is 0. The topological polar surface area (TPSA) is 32.3 Å². The van der Waals surface area contributed by atoms with E-state index in [1.807, 2.05) is 0 Å². The number of halogens is 2. The Balaban J connectivity index is 2.36. The Hall–Kier alpha value is -0.710. The lowest BCUT2D eigenvalue weighted by Crippen LogP contribution is -2.35. The van der Waals surface area contributed by atoms with Gasteiger partial charge < -0.3 is 10.2 Å². The van der Waals surface area contributed by atoms with Gasteiger partial charge in [-0.1, -0.05) is 0 Å². The smallest absolute Gasteiger partial charge is 0.243 e. The van der Waals surface area contributed by atoms with Gasteiger partial charge in [-0.15, -0.1) is 0 Å². The first-order valence-corrected chi connectivity index (χ1v) is 4.35. The highest BCUT2D eigenvalue weighted by atomic mass is 19.3. The van der Waals surface area contributed by atoms with Gasteiger partial charge in [0.25, 0.3) is 0 Å². The number of likely N-dealkylation sites (tertiary alicyclic amines) is 1. The second-order valence-corrected chi connectivity index (χ2v) is 3.25. The van der Waals surface area contributed by atoms with Gasteiger partial charge >= 0.3 is 0 Å². The van der Waals surface area contributed by atoms with Gasteiger partial charge in [-0.2, -0.15) is 0 Å². The molecule has 1 amide bonds. The summed E-state index contributed by atoms with van der Waals surface area (Å²) in [4.78, 5) is 12.7. The summed E-state index contributed by atoms with van der Waals surface area (Å²) in [5.41, 5.74) is 0. The van der Waals surface area contributed by atoms with Crippen LogP contribution in [-0.4, -0.2) is 43.9 Å². The molecule has 1 rings (SSSR count).